The molecule has 0 unspecified atom stereocenters. The van der Waals surface area contributed by atoms with Crippen molar-refractivity contribution in [2.45, 2.75) is 45.3 Å². The summed E-state index contributed by atoms with van der Waals surface area (Å²) in [5, 5.41) is 13.8. The summed E-state index contributed by atoms with van der Waals surface area (Å²) < 4.78 is 5.10. The fourth-order valence-corrected chi connectivity index (χ4v) is 1.74. The van der Waals surface area contributed by atoms with E-state index in [0.717, 1.165) is 0 Å². The molecule has 7 heteroatoms. The van der Waals surface area contributed by atoms with E-state index in [-0.39, 0.29) is 12.8 Å². The van der Waals surface area contributed by atoms with E-state index < -0.39 is 29.6 Å². The molecule has 0 radical (unpaired) electrons. The van der Waals surface area contributed by atoms with Crippen molar-refractivity contribution in [3.63, 3.8) is 0 Å². The predicted octanol–water partition coefficient (Wildman–Crippen LogP) is 2.38. The van der Waals surface area contributed by atoms with Crippen LogP contribution in [0.1, 0.15) is 33.6 Å². The Morgan fingerprint density at radius 1 is 1.17 bits per heavy atom. The van der Waals surface area contributed by atoms with E-state index in [4.69, 9.17) is 9.84 Å². The maximum Gasteiger partial charge on any atom is 0.408 e. The molecule has 1 aromatic carbocycles. The molecule has 2 amide bonds. The topological polar surface area (TPSA) is 105 Å². The van der Waals surface area contributed by atoms with Crippen LogP contribution in [0.2, 0.25) is 0 Å². The molecule has 3 N–H and O–H groups in total. The Balaban J connectivity index is 2.72. The Bertz CT molecular complexity index is 551. The van der Waals surface area contributed by atoms with Gasteiger partial charge in [-0.15, -0.1) is 0 Å². The molecule has 0 aliphatic rings. The van der Waals surface area contributed by atoms with Crippen molar-refractivity contribution >= 4 is 23.7 Å². The van der Waals surface area contributed by atoms with Crippen LogP contribution >= 0.6 is 0 Å². The van der Waals surface area contributed by atoms with Crippen molar-refractivity contribution in [1.82, 2.24) is 5.32 Å². The largest absolute Gasteiger partial charge is 0.481 e. The van der Waals surface area contributed by atoms with Crippen molar-refractivity contribution in [3.8, 4) is 0 Å². The first-order valence-electron chi connectivity index (χ1n) is 7.24. The summed E-state index contributed by atoms with van der Waals surface area (Å²) in [6.07, 6.45) is -1.05. The number of amides is 2. The molecule has 0 aliphatic heterocycles. The van der Waals surface area contributed by atoms with Crippen molar-refractivity contribution in [2.24, 2.45) is 0 Å². The Morgan fingerprint density at radius 2 is 1.78 bits per heavy atom. The number of aliphatic carboxylic acids is 1. The standard InChI is InChI=1S/C16H22N2O5/c1-16(2,3)23-15(22)18-12(9-10-13(19)20)14(21)17-11-7-5-4-6-8-11/h4-8,12H,9-10H2,1-3H3,(H,17,21)(H,18,22)(H,19,20)/t12-/m0/s1. The van der Waals surface area contributed by atoms with Gasteiger partial charge in [-0.25, -0.2) is 4.79 Å². The van der Waals surface area contributed by atoms with Gasteiger partial charge in [0.15, 0.2) is 0 Å². The van der Waals surface area contributed by atoms with E-state index in [2.05, 4.69) is 10.6 Å². The number of rotatable bonds is 6. The second-order valence-electron chi connectivity index (χ2n) is 5.99. The van der Waals surface area contributed by atoms with Gasteiger partial charge in [0.25, 0.3) is 0 Å². The zero-order chi connectivity index (χ0) is 17.5. The van der Waals surface area contributed by atoms with Crippen LogP contribution in [-0.4, -0.2) is 34.7 Å². The minimum absolute atomic E-state index is 0.0345. The molecule has 0 aromatic heterocycles. The first-order chi connectivity index (χ1) is 10.7. The average molecular weight is 322 g/mol. The van der Waals surface area contributed by atoms with Gasteiger partial charge in [0, 0.05) is 12.1 Å². The smallest absolute Gasteiger partial charge is 0.408 e. The number of ether oxygens (including phenoxy) is 1. The summed E-state index contributed by atoms with van der Waals surface area (Å²) >= 11 is 0. The molecule has 7 nitrogen and oxygen atoms in total. The summed E-state index contributed by atoms with van der Waals surface area (Å²) in [7, 11) is 0. The van der Waals surface area contributed by atoms with Gasteiger partial charge in [-0.2, -0.15) is 0 Å². The van der Waals surface area contributed by atoms with Crippen LogP contribution in [0.15, 0.2) is 30.3 Å². The third kappa shape index (κ3) is 7.85. The number of nitrogens with one attached hydrogen (secondary N) is 2. The molecule has 1 atom stereocenters. The van der Waals surface area contributed by atoms with E-state index in [1.54, 1.807) is 51.1 Å². The minimum atomic E-state index is -1.05. The highest BCUT2D eigenvalue weighted by Gasteiger charge is 2.25. The number of hydrogen-bond donors (Lipinski definition) is 3. The van der Waals surface area contributed by atoms with Crippen LogP contribution in [0.4, 0.5) is 10.5 Å². The van der Waals surface area contributed by atoms with Gasteiger partial charge in [-0.3, -0.25) is 9.59 Å². The van der Waals surface area contributed by atoms with Crippen LogP contribution < -0.4 is 10.6 Å². The Kier molecular flexibility index (Phi) is 6.56. The van der Waals surface area contributed by atoms with Crippen LogP contribution in [-0.2, 0) is 14.3 Å². The molecule has 1 aromatic rings. The van der Waals surface area contributed by atoms with Crippen molar-refractivity contribution in [1.29, 1.82) is 0 Å². The summed E-state index contributed by atoms with van der Waals surface area (Å²) in [5.74, 6) is -1.54. The molecule has 0 fully saturated rings. The summed E-state index contributed by atoms with van der Waals surface area (Å²) in [5.41, 5.74) is -0.152. The van der Waals surface area contributed by atoms with E-state index >= 15 is 0 Å². The molecule has 0 spiro atoms. The van der Waals surface area contributed by atoms with Gasteiger partial charge >= 0.3 is 12.1 Å². The number of benzene rings is 1. The lowest BCUT2D eigenvalue weighted by molar-refractivity contribution is -0.137. The Morgan fingerprint density at radius 3 is 2.30 bits per heavy atom. The number of carbonyl (C=O) groups excluding carboxylic acids is 2. The second-order valence-corrected chi connectivity index (χ2v) is 5.99. The number of anilines is 1. The lowest BCUT2D eigenvalue weighted by Crippen LogP contribution is -2.46. The fraction of sp³-hybridized carbons (Fsp3) is 0.438. The highest BCUT2D eigenvalue weighted by atomic mass is 16.6. The van der Waals surface area contributed by atoms with Gasteiger partial charge in [0.2, 0.25) is 5.91 Å². The highest BCUT2D eigenvalue weighted by molar-refractivity contribution is 5.96. The monoisotopic (exact) mass is 322 g/mol. The zero-order valence-electron chi connectivity index (χ0n) is 13.5. The van der Waals surface area contributed by atoms with E-state index in [1.807, 2.05) is 0 Å². The normalized spacial score (nSPS) is 12.1. The minimum Gasteiger partial charge on any atom is -0.481 e. The molecular formula is C16H22N2O5. The van der Waals surface area contributed by atoms with Crippen LogP contribution in [0, 0.1) is 0 Å². The lowest BCUT2D eigenvalue weighted by Gasteiger charge is -2.23. The van der Waals surface area contributed by atoms with Crippen LogP contribution in [0.3, 0.4) is 0 Å². The number of carboxylic acids is 1. The van der Waals surface area contributed by atoms with Gasteiger partial charge in [0.05, 0.1) is 0 Å². The third-order valence-corrected chi connectivity index (χ3v) is 2.70. The van der Waals surface area contributed by atoms with E-state index in [1.165, 1.54) is 0 Å². The van der Waals surface area contributed by atoms with Crippen molar-refractivity contribution in [3.05, 3.63) is 30.3 Å². The number of carbonyl (C=O) groups is 3. The molecule has 23 heavy (non-hydrogen) atoms. The summed E-state index contributed by atoms with van der Waals surface area (Å²) in [6, 6.07) is 7.70. The molecule has 0 aliphatic carbocycles. The quantitative estimate of drug-likeness (QED) is 0.746. The van der Waals surface area contributed by atoms with Gasteiger partial charge in [0.1, 0.15) is 11.6 Å². The van der Waals surface area contributed by atoms with E-state index in [0.29, 0.717) is 5.69 Å². The van der Waals surface area contributed by atoms with Crippen LogP contribution in [0.25, 0.3) is 0 Å². The molecule has 126 valence electrons. The summed E-state index contributed by atoms with van der Waals surface area (Å²) in [6.45, 7) is 5.09. The maximum atomic E-state index is 12.3. The Labute approximate surface area is 135 Å². The van der Waals surface area contributed by atoms with E-state index in [9.17, 15) is 14.4 Å². The molecule has 0 saturated heterocycles. The number of alkyl carbamates (subject to hydrolysis) is 1. The van der Waals surface area contributed by atoms with Gasteiger partial charge in [-0.05, 0) is 39.3 Å². The number of carboxylic acid groups (broad SMARTS) is 1. The molecule has 0 saturated carbocycles. The predicted molar refractivity (Wildman–Crippen MR) is 85.1 cm³/mol. The maximum absolute atomic E-state index is 12.3. The molecule has 1 rings (SSSR count). The highest BCUT2D eigenvalue weighted by Crippen LogP contribution is 2.10. The van der Waals surface area contributed by atoms with Crippen molar-refractivity contribution < 1.29 is 24.2 Å². The molecule has 0 bridgehead atoms. The molecular weight excluding hydrogens is 300 g/mol. The SMILES string of the molecule is CC(C)(C)OC(=O)N[C@@H](CCC(=O)O)C(=O)Nc1ccccc1. The first kappa shape index (κ1) is 18.5. The molecule has 0 heterocycles. The Hall–Kier alpha value is -2.57. The number of para-hydroxylation sites is 1. The fourth-order valence-electron chi connectivity index (χ4n) is 1.74. The number of hydrogen-bond acceptors (Lipinski definition) is 4. The van der Waals surface area contributed by atoms with Gasteiger partial charge < -0.3 is 20.5 Å². The van der Waals surface area contributed by atoms with Crippen LogP contribution in [0.5, 0.6) is 0 Å². The lowest BCUT2D eigenvalue weighted by atomic mass is 10.1. The average Bonchev–Trinajstić information content (AvgIpc) is 2.42. The zero-order valence-corrected chi connectivity index (χ0v) is 13.5. The second kappa shape index (κ2) is 8.17. The van der Waals surface area contributed by atoms with Crippen molar-refractivity contribution in [2.75, 3.05) is 5.32 Å². The first-order valence-corrected chi connectivity index (χ1v) is 7.24. The third-order valence-electron chi connectivity index (χ3n) is 2.70. The van der Waals surface area contributed by atoms with Gasteiger partial charge in [-0.1, -0.05) is 18.2 Å². The summed E-state index contributed by atoms with van der Waals surface area (Å²) in [4.78, 5) is 34.8.